The van der Waals surface area contributed by atoms with Crippen molar-refractivity contribution in [2.75, 3.05) is 40.9 Å². The van der Waals surface area contributed by atoms with Gasteiger partial charge in [0.1, 0.15) is 19.3 Å². The first-order valence-electron chi connectivity index (χ1n) is 36.0. The number of amides is 1. The Morgan fingerprint density at radius 2 is 0.735 bits per heavy atom. The van der Waals surface area contributed by atoms with Crippen LogP contribution in [0.4, 0.5) is 0 Å². The molecule has 9 nitrogen and oxygen atoms in total. The van der Waals surface area contributed by atoms with Crippen LogP contribution in [0.15, 0.2) is 48.6 Å². The number of esters is 1. The molecule has 3 unspecified atom stereocenters. The second kappa shape index (κ2) is 63.0. The van der Waals surface area contributed by atoms with Crippen LogP contribution in [0.2, 0.25) is 0 Å². The van der Waals surface area contributed by atoms with E-state index in [1.54, 1.807) is 0 Å². The predicted octanol–water partition coefficient (Wildman–Crippen LogP) is 22.8. The van der Waals surface area contributed by atoms with Crippen molar-refractivity contribution in [3.63, 3.8) is 0 Å². The first-order chi connectivity index (χ1) is 40.4. The molecule has 0 rings (SSSR count). The van der Waals surface area contributed by atoms with Crippen LogP contribution in [-0.4, -0.2) is 74.3 Å². The molecular weight excluding hydrogens is 1050 g/mol. The minimum absolute atomic E-state index is 0.0415. The van der Waals surface area contributed by atoms with E-state index in [2.05, 4.69) is 62.5 Å². The van der Waals surface area contributed by atoms with Crippen molar-refractivity contribution in [3.05, 3.63) is 48.6 Å². The van der Waals surface area contributed by atoms with Crippen molar-refractivity contribution in [1.29, 1.82) is 0 Å². The van der Waals surface area contributed by atoms with Crippen LogP contribution in [0.5, 0.6) is 0 Å². The molecule has 2 N–H and O–H groups in total. The monoisotopic (exact) mass is 1190 g/mol. The summed E-state index contributed by atoms with van der Waals surface area (Å²) in [5.41, 5.74) is 0. The fourth-order valence-corrected chi connectivity index (χ4v) is 11.5. The van der Waals surface area contributed by atoms with E-state index in [0.29, 0.717) is 17.4 Å². The molecule has 0 fully saturated rings. The Kier molecular flexibility index (Phi) is 61.5. The van der Waals surface area contributed by atoms with E-state index in [4.69, 9.17) is 13.8 Å². The van der Waals surface area contributed by atoms with E-state index in [-0.39, 0.29) is 31.5 Å². The zero-order chi connectivity index (χ0) is 60.7. The lowest BCUT2D eigenvalue weighted by Gasteiger charge is -2.27. The van der Waals surface area contributed by atoms with Crippen LogP contribution in [0.25, 0.3) is 0 Å². The average molecular weight is 1190 g/mol. The van der Waals surface area contributed by atoms with Gasteiger partial charge in [-0.3, -0.25) is 18.6 Å². The largest absolute Gasteiger partial charge is 0.472 e. The van der Waals surface area contributed by atoms with Crippen LogP contribution in [-0.2, 0) is 27.9 Å². The van der Waals surface area contributed by atoms with Crippen molar-refractivity contribution < 1.29 is 37.3 Å². The van der Waals surface area contributed by atoms with Crippen LogP contribution >= 0.6 is 7.82 Å². The molecule has 0 spiro atoms. The molecule has 1 amide bonds. The van der Waals surface area contributed by atoms with Crippen molar-refractivity contribution in [1.82, 2.24) is 5.32 Å². The number of ether oxygens (including phenoxy) is 1. The second-order valence-electron chi connectivity index (χ2n) is 25.8. The maximum Gasteiger partial charge on any atom is 0.472 e. The first kappa shape index (κ1) is 81.0. The summed E-state index contributed by atoms with van der Waals surface area (Å²) in [6, 6.07) is -0.848. The number of carbonyl (C=O) groups is 2. The molecule has 488 valence electrons. The minimum atomic E-state index is -4.45. The number of phosphoric acid groups is 1. The summed E-state index contributed by atoms with van der Waals surface area (Å²) in [4.78, 5) is 37.9. The van der Waals surface area contributed by atoms with Gasteiger partial charge in [0, 0.05) is 12.8 Å². The molecule has 3 atom stereocenters. The lowest BCUT2D eigenvalue weighted by atomic mass is 10.0. The maximum absolute atomic E-state index is 13.6. The average Bonchev–Trinajstić information content (AvgIpc) is 3.47. The number of hydrogen-bond acceptors (Lipinski definition) is 6. The van der Waals surface area contributed by atoms with E-state index < -0.39 is 20.0 Å². The van der Waals surface area contributed by atoms with E-state index in [0.717, 1.165) is 70.6 Å². The summed E-state index contributed by atoms with van der Waals surface area (Å²) in [6.07, 6.45) is 79.7. The van der Waals surface area contributed by atoms with E-state index >= 15 is 0 Å². The Morgan fingerprint density at radius 1 is 0.422 bits per heavy atom. The standard InChI is InChI=1S/C73H139N2O7P/c1-7-10-13-16-19-22-25-28-30-32-34-36-37-39-41-43-45-48-51-54-57-60-63-66-73(77)82-71(64-61-58-55-52-49-46-27-24-21-18-15-12-9-3)70(69-81-83(78,79)80-68-67-75(4,5)6)74-72(76)65-62-59-56-53-50-47-44-42-40-38-35-33-31-29-26-23-20-17-14-11-8-2/h19,22,28,30,34,36,61,64,70-71H,7-18,20-21,23-27,29,31-33,35,37-60,62-63,65-69H2,1-6H3,(H-,74,76,78,79)/p+1/b22-19-,30-28-,36-34-,64-61+. The van der Waals surface area contributed by atoms with Gasteiger partial charge in [-0.05, 0) is 70.3 Å². The SMILES string of the molecule is CCCCC/C=C\C/C=C\C/C=C\CCCCCCCCCCCCC(=O)OC(/C=C/CCCCCCCCCCCCC)C(COP(=O)(O)OCC[N+](C)(C)C)NC(=O)CCCCCCCCCCCCCCCCCCCCCCC. The van der Waals surface area contributed by atoms with Gasteiger partial charge in [-0.15, -0.1) is 0 Å². The van der Waals surface area contributed by atoms with Gasteiger partial charge in [-0.2, -0.15) is 0 Å². The zero-order valence-electron chi connectivity index (χ0n) is 56.0. The number of allylic oxidation sites excluding steroid dienone is 7. The van der Waals surface area contributed by atoms with Crippen molar-refractivity contribution in [2.45, 2.75) is 367 Å². The molecule has 0 heterocycles. The molecule has 0 aromatic rings. The Balaban J connectivity index is 5.10. The highest BCUT2D eigenvalue weighted by molar-refractivity contribution is 7.47. The molecule has 0 aliphatic carbocycles. The lowest BCUT2D eigenvalue weighted by Crippen LogP contribution is -2.47. The number of likely N-dealkylation sites (N-methyl/N-ethyl adjacent to an activating group) is 1. The molecule has 0 bridgehead atoms. The third-order valence-corrected chi connectivity index (χ3v) is 17.3. The smallest absolute Gasteiger partial charge is 0.456 e. The van der Waals surface area contributed by atoms with Crippen LogP contribution in [0.1, 0.15) is 355 Å². The number of hydrogen-bond donors (Lipinski definition) is 2. The Hall–Kier alpha value is -2.03. The number of unbranched alkanes of at least 4 members (excludes halogenated alkanes) is 44. The fourth-order valence-electron chi connectivity index (χ4n) is 10.7. The summed E-state index contributed by atoms with van der Waals surface area (Å²) in [5, 5.41) is 3.08. The third-order valence-electron chi connectivity index (χ3n) is 16.3. The zero-order valence-corrected chi connectivity index (χ0v) is 56.8. The summed E-state index contributed by atoms with van der Waals surface area (Å²) < 4.78 is 30.9. The van der Waals surface area contributed by atoms with E-state index in [1.807, 2.05) is 33.3 Å². The van der Waals surface area contributed by atoms with Gasteiger partial charge < -0.3 is 19.4 Å². The quantitative estimate of drug-likeness (QED) is 0.0205. The minimum Gasteiger partial charge on any atom is -0.456 e. The normalized spacial score (nSPS) is 13.8. The highest BCUT2D eigenvalue weighted by Crippen LogP contribution is 2.43. The molecule has 0 aromatic carbocycles. The third kappa shape index (κ3) is 64.3. The highest BCUT2D eigenvalue weighted by Gasteiger charge is 2.30. The van der Waals surface area contributed by atoms with Crippen molar-refractivity contribution in [2.24, 2.45) is 0 Å². The number of quaternary nitrogens is 1. The second-order valence-corrected chi connectivity index (χ2v) is 27.2. The summed E-state index contributed by atoms with van der Waals surface area (Å²) in [6.45, 7) is 7.04. The Labute approximate surface area is 516 Å². The van der Waals surface area contributed by atoms with E-state index in [9.17, 15) is 19.0 Å². The molecule has 0 aromatic heterocycles. The summed E-state index contributed by atoms with van der Waals surface area (Å²) >= 11 is 0. The number of nitrogens with zero attached hydrogens (tertiary/aromatic N) is 1. The fraction of sp³-hybridized carbons (Fsp3) is 0.863. The predicted molar refractivity (Wildman–Crippen MR) is 360 cm³/mol. The lowest BCUT2D eigenvalue weighted by molar-refractivity contribution is -0.870. The van der Waals surface area contributed by atoms with Crippen molar-refractivity contribution in [3.8, 4) is 0 Å². The molecule has 0 saturated carbocycles. The maximum atomic E-state index is 13.6. The van der Waals surface area contributed by atoms with Crippen LogP contribution in [0, 0.1) is 0 Å². The van der Waals surface area contributed by atoms with E-state index in [1.165, 1.54) is 250 Å². The summed E-state index contributed by atoms with van der Waals surface area (Å²) in [7, 11) is 1.51. The first-order valence-corrected chi connectivity index (χ1v) is 37.5. The molecular formula is C73H140N2O7P+. The van der Waals surface area contributed by atoms with Gasteiger partial charge in [0.15, 0.2) is 0 Å². The summed E-state index contributed by atoms with van der Waals surface area (Å²) in [5.74, 6) is -0.491. The molecule has 0 saturated heterocycles. The van der Waals surface area contributed by atoms with Gasteiger partial charge in [0.2, 0.25) is 5.91 Å². The molecule has 10 heteroatoms. The number of rotatable bonds is 66. The highest BCUT2D eigenvalue weighted by atomic mass is 31.2. The topological polar surface area (TPSA) is 111 Å². The van der Waals surface area contributed by atoms with Crippen LogP contribution < -0.4 is 5.32 Å². The van der Waals surface area contributed by atoms with Crippen molar-refractivity contribution >= 4 is 19.7 Å². The van der Waals surface area contributed by atoms with Gasteiger partial charge in [0.05, 0.1) is 33.8 Å². The number of phosphoric ester groups is 1. The molecule has 83 heavy (non-hydrogen) atoms. The van der Waals surface area contributed by atoms with Gasteiger partial charge in [-0.1, -0.05) is 320 Å². The Bertz CT molecular complexity index is 1560. The molecule has 0 radical (unpaired) electrons. The Morgan fingerprint density at radius 3 is 1.12 bits per heavy atom. The van der Waals surface area contributed by atoms with Gasteiger partial charge >= 0.3 is 13.8 Å². The number of carbonyl (C=O) groups excluding carboxylic acids is 2. The molecule has 0 aliphatic heterocycles. The van der Waals surface area contributed by atoms with Gasteiger partial charge in [0.25, 0.3) is 0 Å². The van der Waals surface area contributed by atoms with Gasteiger partial charge in [-0.25, -0.2) is 4.57 Å². The number of nitrogens with one attached hydrogen (secondary N) is 1. The molecule has 0 aliphatic rings. The van der Waals surface area contributed by atoms with Crippen LogP contribution in [0.3, 0.4) is 0 Å².